The molecule has 2 aromatic rings. The van der Waals surface area contributed by atoms with Gasteiger partial charge in [0.05, 0.1) is 17.5 Å². The third-order valence-electron chi connectivity index (χ3n) is 4.82. The lowest BCUT2D eigenvalue weighted by atomic mass is 9.81. The molecule has 2 nitrogen and oxygen atoms in total. The van der Waals surface area contributed by atoms with Gasteiger partial charge < -0.3 is 4.90 Å². The largest absolute Gasteiger partial charge is 0.347 e. The molecule has 2 aliphatic heterocycles. The summed E-state index contributed by atoms with van der Waals surface area (Å²) in [4.78, 5) is 2.45. The van der Waals surface area contributed by atoms with Gasteiger partial charge in [0.1, 0.15) is 5.37 Å². The topological polar surface area (TPSA) is 27.0 Å². The van der Waals surface area contributed by atoms with Crippen LogP contribution in [0.25, 0.3) is 0 Å². The van der Waals surface area contributed by atoms with Gasteiger partial charge in [0.2, 0.25) is 0 Å². The molecule has 110 valence electrons. The lowest BCUT2D eigenvalue weighted by Crippen LogP contribution is -2.41. The van der Waals surface area contributed by atoms with Gasteiger partial charge in [0.15, 0.2) is 0 Å². The van der Waals surface area contributed by atoms with E-state index in [0.29, 0.717) is 5.37 Å². The van der Waals surface area contributed by atoms with Crippen molar-refractivity contribution >= 4 is 17.4 Å². The van der Waals surface area contributed by atoms with E-state index in [1.165, 1.54) is 22.4 Å². The van der Waals surface area contributed by atoms with Crippen molar-refractivity contribution in [2.24, 2.45) is 5.41 Å². The smallest absolute Gasteiger partial charge is 0.102 e. The Bertz CT molecular complexity index is 762. The van der Waals surface area contributed by atoms with Gasteiger partial charge >= 0.3 is 0 Å². The van der Waals surface area contributed by atoms with E-state index in [4.69, 9.17) is 0 Å². The maximum absolute atomic E-state index is 9.81. The second-order valence-corrected chi connectivity index (χ2v) is 7.54. The van der Waals surface area contributed by atoms with Crippen molar-refractivity contribution in [2.45, 2.75) is 25.3 Å². The number of hydrogen-bond acceptors (Lipinski definition) is 3. The monoisotopic (exact) mass is 306 g/mol. The third kappa shape index (κ3) is 1.80. The zero-order valence-corrected chi connectivity index (χ0v) is 13.6. The number of hydrogen-bond donors (Lipinski definition) is 0. The molecule has 4 rings (SSSR count). The predicted molar refractivity (Wildman–Crippen MR) is 91.8 cm³/mol. The highest BCUT2D eigenvalue weighted by Gasteiger charge is 2.53. The molecule has 0 N–H and O–H groups in total. The van der Waals surface area contributed by atoms with E-state index in [2.05, 4.69) is 73.3 Å². The summed E-state index contributed by atoms with van der Waals surface area (Å²) in [5.41, 5.74) is 4.81. The highest BCUT2D eigenvalue weighted by Crippen LogP contribution is 2.61. The number of aryl methyl sites for hydroxylation is 1. The number of fused-ring (bicyclic) bond motifs is 5. The van der Waals surface area contributed by atoms with Crippen LogP contribution in [0.4, 0.5) is 5.69 Å². The summed E-state index contributed by atoms with van der Waals surface area (Å²) < 4.78 is 0. The standard InChI is InChI=1S/C19H18N2S/c1-13-7-9-14(10-8-13)21-17-15-5-3-4-6-16(15)18(21)22-12-19(17,2)11-20/h3-10,17-18H,12H2,1-2H3. The number of anilines is 1. The van der Waals surface area contributed by atoms with Gasteiger partial charge in [-0.15, -0.1) is 11.8 Å². The van der Waals surface area contributed by atoms with Crippen LogP contribution in [0.15, 0.2) is 48.5 Å². The molecule has 0 aromatic heterocycles. The highest BCUT2D eigenvalue weighted by molar-refractivity contribution is 7.99. The number of nitrogens with zero attached hydrogens (tertiary/aromatic N) is 2. The first-order valence-electron chi connectivity index (χ1n) is 7.61. The molecule has 0 aliphatic carbocycles. The van der Waals surface area contributed by atoms with Crippen molar-refractivity contribution in [2.75, 3.05) is 10.7 Å². The van der Waals surface area contributed by atoms with Gasteiger partial charge in [0.25, 0.3) is 0 Å². The molecule has 3 heteroatoms. The zero-order chi connectivity index (χ0) is 15.3. The van der Waals surface area contributed by atoms with E-state index >= 15 is 0 Å². The number of rotatable bonds is 1. The molecule has 2 bridgehead atoms. The summed E-state index contributed by atoms with van der Waals surface area (Å²) in [5.74, 6) is 0.885. The van der Waals surface area contributed by atoms with Gasteiger partial charge in [-0.1, -0.05) is 42.0 Å². The first-order valence-corrected chi connectivity index (χ1v) is 8.66. The van der Waals surface area contributed by atoms with Gasteiger partial charge in [0, 0.05) is 11.4 Å². The Kier molecular flexibility index (Phi) is 2.99. The van der Waals surface area contributed by atoms with Crippen LogP contribution in [-0.4, -0.2) is 5.75 Å². The maximum atomic E-state index is 9.81. The molecule has 0 radical (unpaired) electrons. The second-order valence-electron chi connectivity index (χ2n) is 6.47. The van der Waals surface area contributed by atoms with Crippen LogP contribution in [-0.2, 0) is 0 Å². The van der Waals surface area contributed by atoms with E-state index in [1.807, 2.05) is 11.8 Å². The fraction of sp³-hybridized carbons (Fsp3) is 0.316. The molecule has 2 aromatic carbocycles. The van der Waals surface area contributed by atoms with Crippen LogP contribution < -0.4 is 4.90 Å². The Labute approximate surface area is 135 Å². The number of thioether (sulfide) groups is 1. The first-order chi connectivity index (χ1) is 10.6. The molecule has 22 heavy (non-hydrogen) atoms. The molecule has 2 aliphatic rings. The minimum Gasteiger partial charge on any atom is -0.347 e. The van der Waals surface area contributed by atoms with Crippen LogP contribution in [0.3, 0.4) is 0 Å². The molecule has 3 atom stereocenters. The van der Waals surface area contributed by atoms with Gasteiger partial charge in [-0.25, -0.2) is 0 Å². The van der Waals surface area contributed by atoms with Crippen molar-refractivity contribution in [1.82, 2.24) is 0 Å². The van der Waals surface area contributed by atoms with Gasteiger partial charge in [-0.2, -0.15) is 5.26 Å². The maximum Gasteiger partial charge on any atom is 0.102 e. The highest BCUT2D eigenvalue weighted by atomic mass is 32.2. The molecule has 1 saturated heterocycles. The van der Waals surface area contributed by atoms with Crippen molar-refractivity contribution in [3.63, 3.8) is 0 Å². The van der Waals surface area contributed by atoms with Crippen LogP contribution >= 0.6 is 11.8 Å². The molecule has 0 amide bonds. The SMILES string of the molecule is Cc1ccc(N2C3SCC(C)(C#N)C2c2ccccc23)cc1. The Morgan fingerprint density at radius 3 is 2.50 bits per heavy atom. The Morgan fingerprint density at radius 2 is 1.82 bits per heavy atom. The summed E-state index contributed by atoms with van der Waals surface area (Å²) in [5, 5.41) is 10.1. The minimum atomic E-state index is -0.362. The Balaban J connectivity index is 1.90. The van der Waals surface area contributed by atoms with E-state index in [-0.39, 0.29) is 11.5 Å². The van der Waals surface area contributed by atoms with E-state index in [9.17, 15) is 5.26 Å². The van der Waals surface area contributed by atoms with Crippen molar-refractivity contribution in [3.05, 3.63) is 65.2 Å². The van der Waals surface area contributed by atoms with Crippen molar-refractivity contribution in [1.29, 1.82) is 5.26 Å². The Morgan fingerprint density at radius 1 is 1.14 bits per heavy atom. The first kappa shape index (κ1) is 13.7. The summed E-state index contributed by atoms with van der Waals surface area (Å²) in [6.45, 7) is 4.21. The lowest BCUT2D eigenvalue weighted by molar-refractivity contribution is 0.378. The predicted octanol–water partition coefficient (Wildman–Crippen LogP) is 4.83. The lowest BCUT2D eigenvalue weighted by Gasteiger charge is -2.44. The summed E-state index contributed by atoms with van der Waals surface area (Å²) in [7, 11) is 0. The van der Waals surface area contributed by atoms with Crippen molar-refractivity contribution < 1.29 is 0 Å². The average molecular weight is 306 g/mol. The summed E-state index contributed by atoms with van der Waals surface area (Å²) >= 11 is 1.89. The molecule has 0 saturated carbocycles. The van der Waals surface area contributed by atoms with Gasteiger partial charge in [-0.05, 0) is 37.1 Å². The minimum absolute atomic E-state index is 0.141. The molecule has 2 heterocycles. The summed E-state index contributed by atoms with van der Waals surface area (Å²) in [6, 6.07) is 20.0. The summed E-state index contributed by atoms with van der Waals surface area (Å²) in [6.07, 6.45) is 0. The van der Waals surface area contributed by atoms with Crippen LogP contribution in [0.1, 0.15) is 35.0 Å². The van der Waals surface area contributed by atoms with E-state index in [1.54, 1.807) is 0 Å². The van der Waals surface area contributed by atoms with Crippen LogP contribution in [0, 0.1) is 23.7 Å². The van der Waals surface area contributed by atoms with Gasteiger partial charge in [-0.3, -0.25) is 0 Å². The number of benzene rings is 2. The molecule has 0 spiro atoms. The van der Waals surface area contributed by atoms with Crippen LogP contribution in [0.2, 0.25) is 0 Å². The fourth-order valence-corrected chi connectivity index (χ4v) is 5.19. The van der Waals surface area contributed by atoms with E-state index in [0.717, 1.165) is 5.75 Å². The van der Waals surface area contributed by atoms with Crippen molar-refractivity contribution in [3.8, 4) is 6.07 Å². The molecular weight excluding hydrogens is 288 g/mol. The Hall–Kier alpha value is -1.92. The van der Waals surface area contributed by atoms with Crippen LogP contribution in [0.5, 0.6) is 0 Å². The quantitative estimate of drug-likeness (QED) is 0.755. The molecule has 3 unspecified atom stereocenters. The van der Waals surface area contributed by atoms with E-state index < -0.39 is 0 Å². The number of nitriles is 1. The average Bonchev–Trinajstić information content (AvgIpc) is 2.82. The fourth-order valence-electron chi connectivity index (χ4n) is 3.67. The normalized spacial score (nSPS) is 29.0. The third-order valence-corrected chi connectivity index (χ3v) is 6.38. The second kappa shape index (κ2) is 4.79. The molecule has 1 fully saturated rings. The zero-order valence-electron chi connectivity index (χ0n) is 12.8. The molecular formula is C19H18N2S.